The van der Waals surface area contributed by atoms with Crippen LogP contribution in [0.3, 0.4) is 0 Å². The van der Waals surface area contributed by atoms with Crippen molar-refractivity contribution in [2.24, 2.45) is 0 Å². The largest absolute Gasteiger partial charge is 0.494 e. The molecule has 0 fully saturated rings. The number of methoxy groups -OCH3 is 1. The van der Waals surface area contributed by atoms with E-state index in [1.165, 1.54) is 19.2 Å². The molecule has 3 nitrogen and oxygen atoms in total. The van der Waals surface area contributed by atoms with E-state index >= 15 is 0 Å². The molecular weight excluding hydrogens is 271 g/mol. The molecule has 108 valence electrons. The Morgan fingerprint density at radius 2 is 2.05 bits per heavy atom. The van der Waals surface area contributed by atoms with Crippen LogP contribution in [0.2, 0.25) is 0 Å². The first kappa shape index (κ1) is 13.6. The molecule has 0 amide bonds. The van der Waals surface area contributed by atoms with Crippen LogP contribution < -0.4 is 9.47 Å². The summed E-state index contributed by atoms with van der Waals surface area (Å²) in [6.45, 7) is 0.457. The molecule has 2 aromatic rings. The Morgan fingerprint density at radius 1 is 1.24 bits per heavy atom. The molecule has 0 saturated carbocycles. The molecule has 3 rings (SSSR count). The maximum Gasteiger partial charge on any atom is 0.175 e. The number of carbonyl (C=O) groups excluding carboxylic acids is 1. The van der Waals surface area contributed by atoms with E-state index in [4.69, 9.17) is 9.47 Å². The van der Waals surface area contributed by atoms with Crippen molar-refractivity contribution >= 4 is 5.78 Å². The van der Waals surface area contributed by atoms with Gasteiger partial charge in [-0.1, -0.05) is 24.3 Å². The predicted molar refractivity (Wildman–Crippen MR) is 76.6 cm³/mol. The molecule has 1 atom stereocenters. The molecule has 0 saturated heterocycles. The van der Waals surface area contributed by atoms with E-state index in [9.17, 15) is 9.18 Å². The van der Waals surface area contributed by atoms with Gasteiger partial charge in [0.15, 0.2) is 17.3 Å². The van der Waals surface area contributed by atoms with Crippen molar-refractivity contribution in [3.8, 4) is 11.5 Å². The molecule has 0 bridgehead atoms. The highest BCUT2D eigenvalue weighted by Crippen LogP contribution is 2.36. The van der Waals surface area contributed by atoms with Crippen LogP contribution >= 0.6 is 0 Å². The average molecular weight is 286 g/mol. The van der Waals surface area contributed by atoms with E-state index < -0.39 is 5.82 Å². The average Bonchev–Trinajstić information content (AvgIpc) is 2.54. The Labute approximate surface area is 122 Å². The molecule has 0 aliphatic carbocycles. The monoisotopic (exact) mass is 286 g/mol. The molecule has 1 aliphatic heterocycles. The summed E-state index contributed by atoms with van der Waals surface area (Å²) in [6, 6.07) is 12.0. The molecule has 0 N–H and O–H groups in total. The molecule has 4 heteroatoms. The Kier molecular flexibility index (Phi) is 3.60. The van der Waals surface area contributed by atoms with Gasteiger partial charge in [0.05, 0.1) is 25.2 Å². The predicted octanol–water partition coefficient (Wildman–Crippen LogP) is 3.58. The van der Waals surface area contributed by atoms with Gasteiger partial charge in [-0.3, -0.25) is 4.79 Å². The first-order valence-corrected chi connectivity index (χ1v) is 6.81. The zero-order valence-corrected chi connectivity index (χ0v) is 11.6. The molecule has 2 aromatic carbocycles. The lowest BCUT2D eigenvalue weighted by Gasteiger charge is -2.25. The zero-order chi connectivity index (χ0) is 14.8. The number of hydrogen-bond donors (Lipinski definition) is 0. The number of benzene rings is 2. The summed E-state index contributed by atoms with van der Waals surface area (Å²) < 4.78 is 24.8. The summed E-state index contributed by atoms with van der Waals surface area (Å²) in [5, 5.41) is 0. The summed E-state index contributed by atoms with van der Waals surface area (Å²) in [5.74, 6) is -0.431. The Morgan fingerprint density at radius 3 is 2.86 bits per heavy atom. The van der Waals surface area contributed by atoms with Crippen molar-refractivity contribution in [3.05, 3.63) is 59.4 Å². The van der Waals surface area contributed by atoms with Gasteiger partial charge in [0.1, 0.15) is 5.75 Å². The van der Waals surface area contributed by atoms with Crippen molar-refractivity contribution in [2.75, 3.05) is 13.7 Å². The molecule has 0 spiro atoms. The molecule has 1 heterocycles. The first-order chi connectivity index (χ1) is 10.2. The second-order valence-corrected chi connectivity index (χ2v) is 4.91. The van der Waals surface area contributed by atoms with Crippen LogP contribution in [-0.4, -0.2) is 19.5 Å². The van der Waals surface area contributed by atoms with E-state index in [0.29, 0.717) is 18.8 Å². The highest BCUT2D eigenvalue weighted by atomic mass is 19.1. The van der Waals surface area contributed by atoms with Gasteiger partial charge < -0.3 is 9.47 Å². The quantitative estimate of drug-likeness (QED) is 0.809. The number of fused-ring (bicyclic) bond motifs is 1. The van der Waals surface area contributed by atoms with Gasteiger partial charge in [-0.15, -0.1) is 0 Å². The highest BCUT2D eigenvalue weighted by Gasteiger charge is 2.30. The van der Waals surface area contributed by atoms with Gasteiger partial charge in [-0.2, -0.15) is 0 Å². The SMILES string of the molecule is COc1cccc(C(=O)C2CCOc3ccccc32)c1F. The van der Waals surface area contributed by atoms with Gasteiger partial charge >= 0.3 is 0 Å². The van der Waals surface area contributed by atoms with E-state index in [0.717, 1.165) is 5.56 Å². The highest BCUT2D eigenvalue weighted by molar-refractivity contribution is 6.02. The Bertz CT molecular complexity index is 681. The second-order valence-electron chi connectivity index (χ2n) is 4.91. The van der Waals surface area contributed by atoms with Gasteiger partial charge in [-0.05, 0) is 24.6 Å². The third kappa shape index (κ3) is 2.37. The van der Waals surface area contributed by atoms with Crippen LogP contribution in [0.5, 0.6) is 11.5 Å². The minimum Gasteiger partial charge on any atom is -0.494 e. The van der Waals surface area contributed by atoms with Crippen molar-refractivity contribution in [1.29, 1.82) is 0 Å². The number of Topliss-reactive ketones (excluding diaryl/α,β-unsaturated/α-hetero) is 1. The third-order valence-electron chi connectivity index (χ3n) is 3.72. The maximum absolute atomic E-state index is 14.3. The second kappa shape index (κ2) is 5.56. The van der Waals surface area contributed by atoms with Crippen molar-refractivity contribution < 1.29 is 18.7 Å². The number of rotatable bonds is 3. The van der Waals surface area contributed by atoms with Crippen LogP contribution in [0.15, 0.2) is 42.5 Å². The normalized spacial score (nSPS) is 16.8. The minimum absolute atomic E-state index is 0.0658. The molecule has 1 unspecified atom stereocenters. The summed E-state index contributed by atoms with van der Waals surface area (Å²) in [4.78, 5) is 12.7. The summed E-state index contributed by atoms with van der Waals surface area (Å²) >= 11 is 0. The van der Waals surface area contributed by atoms with Crippen LogP contribution in [-0.2, 0) is 0 Å². The molecule has 1 aliphatic rings. The summed E-state index contributed by atoms with van der Waals surface area (Å²) in [5.41, 5.74) is 0.882. The summed E-state index contributed by atoms with van der Waals surface area (Å²) in [6.07, 6.45) is 0.548. The number of halogens is 1. The number of ketones is 1. The molecule has 0 aromatic heterocycles. The number of hydrogen-bond acceptors (Lipinski definition) is 3. The number of carbonyl (C=O) groups is 1. The van der Waals surface area contributed by atoms with E-state index in [1.807, 2.05) is 24.3 Å². The zero-order valence-electron chi connectivity index (χ0n) is 11.6. The fraction of sp³-hybridized carbons (Fsp3) is 0.235. The lowest BCUT2D eigenvalue weighted by Crippen LogP contribution is -2.22. The smallest absolute Gasteiger partial charge is 0.175 e. The Hall–Kier alpha value is -2.36. The Balaban J connectivity index is 2.01. The van der Waals surface area contributed by atoms with E-state index in [2.05, 4.69) is 0 Å². The van der Waals surface area contributed by atoms with E-state index in [-0.39, 0.29) is 23.0 Å². The van der Waals surface area contributed by atoms with Crippen molar-refractivity contribution in [3.63, 3.8) is 0 Å². The van der Waals surface area contributed by atoms with Crippen LogP contribution in [0.4, 0.5) is 4.39 Å². The van der Waals surface area contributed by atoms with Gasteiger partial charge in [0.25, 0.3) is 0 Å². The lowest BCUT2D eigenvalue weighted by atomic mass is 9.86. The third-order valence-corrected chi connectivity index (χ3v) is 3.72. The summed E-state index contributed by atoms with van der Waals surface area (Å²) in [7, 11) is 1.39. The first-order valence-electron chi connectivity index (χ1n) is 6.81. The lowest BCUT2D eigenvalue weighted by molar-refractivity contribution is 0.0928. The molecular formula is C17H15FO3. The van der Waals surface area contributed by atoms with Crippen LogP contribution in [0, 0.1) is 5.82 Å². The molecule has 0 radical (unpaired) electrons. The minimum atomic E-state index is -0.603. The fourth-order valence-electron chi connectivity index (χ4n) is 2.66. The molecule has 21 heavy (non-hydrogen) atoms. The van der Waals surface area contributed by atoms with Crippen molar-refractivity contribution in [2.45, 2.75) is 12.3 Å². The van der Waals surface area contributed by atoms with Gasteiger partial charge in [0, 0.05) is 5.56 Å². The van der Waals surface area contributed by atoms with E-state index in [1.54, 1.807) is 6.07 Å². The van der Waals surface area contributed by atoms with Gasteiger partial charge in [0.2, 0.25) is 0 Å². The van der Waals surface area contributed by atoms with Crippen LogP contribution in [0.1, 0.15) is 28.3 Å². The topological polar surface area (TPSA) is 35.5 Å². The van der Waals surface area contributed by atoms with Crippen LogP contribution in [0.25, 0.3) is 0 Å². The fourth-order valence-corrected chi connectivity index (χ4v) is 2.66. The van der Waals surface area contributed by atoms with Crippen molar-refractivity contribution in [1.82, 2.24) is 0 Å². The number of para-hydroxylation sites is 1. The standard InChI is InChI=1S/C17H15FO3/c1-20-15-8-4-6-13(16(15)18)17(19)12-9-10-21-14-7-3-2-5-11(12)14/h2-8,12H,9-10H2,1H3. The maximum atomic E-state index is 14.3. The van der Waals surface area contributed by atoms with Gasteiger partial charge in [-0.25, -0.2) is 4.39 Å². The number of ether oxygens (including phenoxy) is 2.